The Balaban J connectivity index is 2.05. The summed E-state index contributed by atoms with van der Waals surface area (Å²) in [6, 6.07) is 24.4. The number of hydrogen-bond donors (Lipinski definition) is 1. The van der Waals surface area contributed by atoms with E-state index in [9.17, 15) is 0 Å². The molecule has 0 atom stereocenters. The number of fused-ring (bicyclic) bond motifs is 1. The molecule has 0 radical (unpaired) electrons. The molecule has 2 heterocycles. The number of nitrogens with zero attached hydrogens (tertiary/aromatic N) is 3. The molecule has 2 aromatic heterocycles. The zero-order valence-corrected chi connectivity index (χ0v) is 14.8. The monoisotopic (exact) mass is 340 g/mol. The summed E-state index contributed by atoms with van der Waals surface area (Å²) in [6.07, 6.45) is 0. The highest BCUT2D eigenvalue weighted by molar-refractivity contribution is 5.96. The van der Waals surface area contributed by atoms with Crippen LogP contribution in [-0.2, 0) is 0 Å². The summed E-state index contributed by atoms with van der Waals surface area (Å²) in [5.74, 6) is 0.800. The molecule has 0 aliphatic rings. The zero-order chi connectivity index (χ0) is 18.1. The standard InChI is InChI=1S/C22H20N4/c1-26(2)20-14-19(23)18-13-17(15-9-5-3-6-10-15)21(25-22(18)24-20)16-11-7-4-8-12-16/h3-14H,1-2H3,(H2,23,24,25). The molecular weight excluding hydrogens is 320 g/mol. The fourth-order valence-electron chi connectivity index (χ4n) is 3.04. The van der Waals surface area contributed by atoms with Gasteiger partial charge in [-0.3, -0.25) is 0 Å². The lowest BCUT2D eigenvalue weighted by Crippen LogP contribution is -2.11. The van der Waals surface area contributed by atoms with Crippen molar-refractivity contribution in [1.82, 2.24) is 9.97 Å². The van der Waals surface area contributed by atoms with Crippen LogP contribution in [0.5, 0.6) is 0 Å². The Hall–Kier alpha value is -3.40. The van der Waals surface area contributed by atoms with Crippen molar-refractivity contribution < 1.29 is 0 Å². The molecule has 0 saturated heterocycles. The molecule has 0 spiro atoms. The van der Waals surface area contributed by atoms with Gasteiger partial charge in [0.1, 0.15) is 5.82 Å². The molecule has 0 bridgehead atoms. The van der Waals surface area contributed by atoms with E-state index in [4.69, 9.17) is 15.7 Å². The fourth-order valence-corrected chi connectivity index (χ4v) is 3.04. The Morgan fingerprint density at radius 2 is 1.38 bits per heavy atom. The third-order valence-corrected chi connectivity index (χ3v) is 4.41. The molecule has 0 aliphatic heterocycles. The number of hydrogen-bond acceptors (Lipinski definition) is 4. The van der Waals surface area contributed by atoms with Gasteiger partial charge in [0.25, 0.3) is 0 Å². The van der Waals surface area contributed by atoms with E-state index in [1.165, 1.54) is 0 Å². The molecule has 0 amide bonds. The second-order valence-corrected chi connectivity index (χ2v) is 6.45. The first-order valence-corrected chi connectivity index (χ1v) is 8.53. The SMILES string of the molecule is CN(C)c1cc(N)c2cc(-c3ccccc3)c(-c3ccccc3)nc2n1. The van der Waals surface area contributed by atoms with Crippen molar-refractivity contribution in [2.45, 2.75) is 0 Å². The minimum atomic E-state index is 0.659. The first-order chi connectivity index (χ1) is 12.6. The van der Waals surface area contributed by atoms with E-state index in [1.54, 1.807) is 0 Å². The Morgan fingerprint density at radius 1 is 0.769 bits per heavy atom. The minimum Gasteiger partial charge on any atom is -0.398 e. The molecule has 0 unspecified atom stereocenters. The molecular formula is C22H20N4. The molecule has 0 aliphatic carbocycles. The predicted molar refractivity (Wildman–Crippen MR) is 109 cm³/mol. The molecule has 2 N–H and O–H groups in total. The summed E-state index contributed by atoms with van der Waals surface area (Å²) in [7, 11) is 3.90. The lowest BCUT2D eigenvalue weighted by Gasteiger charge is -2.16. The van der Waals surface area contributed by atoms with Gasteiger partial charge in [-0.15, -0.1) is 0 Å². The van der Waals surface area contributed by atoms with Crippen LogP contribution in [0.4, 0.5) is 11.5 Å². The van der Waals surface area contributed by atoms with Gasteiger partial charge in [-0.25, -0.2) is 9.97 Å². The van der Waals surface area contributed by atoms with E-state index in [0.717, 1.165) is 33.6 Å². The van der Waals surface area contributed by atoms with Crippen LogP contribution in [0, 0.1) is 0 Å². The number of anilines is 2. The Kier molecular flexibility index (Phi) is 4.01. The van der Waals surface area contributed by atoms with Gasteiger partial charge in [0.2, 0.25) is 0 Å². The topological polar surface area (TPSA) is 55.0 Å². The van der Waals surface area contributed by atoms with Gasteiger partial charge >= 0.3 is 0 Å². The highest BCUT2D eigenvalue weighted by Gasteiger charge is 2.14. The number of pyridine rings is 2. The molecule has 26 heavy (non-hydrogen) atoms. The van der Waals surface area contributed by atoms with Gasteiger partial charge in [-0.1, -0.05) is 60.7 Å². The van der Waals surface area contributed by atoms with Crippen LogP contribution < -0.4 is 10.6 Å². The lowest BCUT2D eigenvalue weighted by atomic mass is 9.98. The van der Waals surface area contributed by atoms with Gasteiger partial charge in [-0.05, 0) is 11.6 Å². The van der Waals surface area contributed by atoms with Crippen molar-refractivity contribution in [3.8, 4) is 22.4 Å². The summed E-state index contributed by atoms with van der Waals surface area (Å²) in [5, 5.41) is 0.870. The second-order valence-electron chi connectivity index (χ2n) is 6.45. The Morgan fingerprint density at radius 3 is 2.00 bits per heavy atom. The molecule has 0 saturated carbocycles. The zero-order valence-electron chi connectivity index (χ0n) is 14.8. The molecule has 4 nitrogen and oxygen atoms in total. The highest BCUT2D eigenvalue weighted by Crippen LogP contribution is 2.35. The summed E-state index contributed by atoms with van der Waals surface area (Å²) in [4.78, 5) is 11.5. The van der Waals surface area contributed by atoms with Crippen molar-refractivity contribution in [3.63, 3.8) is 0 Å². The Bertz CT molecular complexity index is 1060. The van der Waals surface area contributed by atoms with Crippen LogP contribution >= 0.6 is 0 Å². The van der Waals surface area contributed by atoms with E-state index in [0.29, 0.717) is 11.3 Å². The smallest absolute Gasteiger partial charge is 0.164 e. The van der Waals surface area contributed by atoms with Crippen molar-refractivity contribution in [3.05, 3.63) is 72.8 Å². The molecule has 0 fully saturated rings. The number of rotatable bonds is 3. The van der Waals surface area contributed by atoms with E-state index >= 15 is 0 Å². The molecule has 4 rings (SSSR count). The average molecular weight is 340 g/mol. The van der Waals surface area contributed by atoms with Gasteiger partial charge in [0.15, 0.2) is 5.65 Å². The van der Waals surface area contributed by atoms with Crippen LogP contribution in [0.3, 0.4) is 0 Å². The molecule has 4 heteroatoms. The highest BCUT2D eigenvalue weighted by atomic mass is 15.1. The van der Waals surface area contributed by atoms with E-state index in [2.05, 4.69) is 30.3 Å². The van der Waals surface area contributed by atoms with Crippen LogP contribution in [0.25, 0.3) is 33.4 Å². The van der Waals surface area contributed by atoms with E-state index in [-0.39, 0.29) is 0 Å². The van der Waals surface area contributed by atoms with Gasteiger partial charge in [0.05, 0.1) is 5.69 Å². The summed E-state index contributed by atoms with van der Waals surface area (Å²) in [6.45, 7) is 0. The third kappa shape index (κ3) is 2.86. The maximum atomic E-state index is 6.32. The molecule has 128 valence electrons. The number of benzene rings is 2. The molecule has 2 aromatic carbocycles. The molecule has 4 aromatic rings. The summed E-state index contributed by atoms with van der Waals surface area (Å²) in [5.41, 5.74) is 11.8. The number of aromatic nitrogens is 2. The maximum Gasteiger partial charge on any atom is 0.164 e. The van der Waals surface area contributed by atoms with Crippen LogP contribution in [0.2, 0.25) is 0 Å². The van der Waals surface area contributed by atoms with Gasteiger partial charge in [0, 0.05) is 42.4 Å². The number of nitrogens with two attached hydrogens (primary N) is 1. The van der Waals surface area contributed by atoms with Gasteiger partial charge in [-0.2, -0.15) is 0 Å². The normalized spacial score (nSPS) is 10.8. The summed E-state index contributed by atoms with van der Waals surface area (Å²) >= 11 is 0. The fraction of sp³-hybridized carbons (Fsp3) is 0.0909. The third-order valence-electron chi connectivity index (χ3n) is 4.41. The van der Waals surface area contributed by atoms with Crippen LogP contribution in [0.15, 0.2) is 72.8 Å². The van der Waals surface area contributed by atoms with E-state index < -0.39 is 0 Å². The van der Waals surface area contributed by atoms with Crippen molar-refractivity contribution in [2.75, 3.05) is 24.7 Å². The first kappa shape index (κ1) is 16.1. The van der Waals surface area contributed by atoms with Crippen LogP contribution in [-0.4, -0.2) is 24.1 Å². The van der Waals surface area contributed by atoms with Crippen molar-refractivity contribution in [2.24, 2.45) is 0 Å². The maximum absolute atomic E-state index is 6.32. The average Bonchev–Trinajstić information content (AvgIpc) is 2.68. The Labute approximate surface area is 152 Å². The lowest BCUT2D eigenvalue weighted by molar-refractivity contribution is 1.08. The largest absolute Gasteiger partial charge is 0.398 e. The van der Waals surface area contributed by atoms with Gasteiger partial charge < -0.3 is 10.6 Å². The van der Waals surface area contributed by atoms with Crippen LogP contribution in [0.1, 0.15) is 0 Å². The van der Waals surface area contributed by atoms with Crippen molar-refractivity contribution >= 4 is 22.5 Å². The quantitative estimate of drug-likeness (QED) is 0.591. The second kappa shape index (κ2) is 6.48. The predicted octanol–water partition coefficient (Wildman–Crippen LogP) is 4.61. The minimum absolute atomic E-state index is 0.659. The van der Waals surface area contributed by atoms with Crippen molar-refractivity contribution in [1.29, 1.82) is 0 Å². The van der Waals surface area contributed by atoms with E-state index in [1.807, 2.05) is 61.5 Å². The number of nitrogen functional groups attached to an aromatic ring is 1. The first-order valence-electron chi connectivity index (χ1n) is 8.53. The summed E-state index contributed by atoms with van der Waals surface area (Å²) < 4.78 is 0.